The third kappa shape index (κ3) is 3.49. The SMILES string of the molecule is O=C1NC(=O)N(c2ccccc2)C(=O)C1C(=O)Nc1cccc([N+](=O)[O-])c1. The average molecular weight is 368 g/mol. The summed E-state index contributed by atoms with van der Waals surface area (Å²) in [5, 5.41) is 15.1. The Balaban J connectivity index is 1.86. The van der Waals surface area contributed by atoms with E-state index in [0.717, 1.165) is 6.07 Å². The Morgan fingerprint density at radius 3 is 2.44 bits per heavy atom. The van der Waals surface area contributed by atoms with Gasteiger partial charge in [-0.15, -0.1) is 0 Å². The molecule has 1 aliphatic heterocycles. The zero-order valence-corrected chi connectivity index (χ0v) is 13.6. The normalized spacial score (nSPS) is 16.7. The molecule has 0 radical (unpaired) electrons. The zero-order chi connectivity index (χ0) is 19.6. The molecule has 1 aliphatic rings. The number of imide groups is 2. The number of nitro benzene ring substituents is 1. The molecule has 5 amide bonds. The number of hydrogen-bond acceptors (Lipinski definition) is 6. The number of rotatable bonds is 4. The lowest BCUT2D eigenvalue weighted by Gasteiger charge is -2.29. The minimum Gasteiger partial charge on any atom is -0.325 e. The van der Waals surface area contributed by atoms with E-state index in [1.54, 1.807) is 18.2 Å². The second-order valence-electron chi connectivity index (χ2n) is 5.53. The third-order valence-electron chi connectivity index (χ3n) is 3.76. The summed E-state index contributed by atoms with van der Waals surface area (Å²) in [6.07, 6.45) is 0. The van der Waals surface area contributed by atoms with Crippen molar-refractivity contribution in [2.45, 2.75) is 0 Å². The Kier molecular flexibility index (Phi) is 4.62. The number of urea groups is 1. The lowest BCUT2D eigenvalue weighted by molar-refractivity contribution is -0.384. The standard InChI is InChI=1S/C17H12N4O6/c22-14(18-10-5-4-8-12(9-10)21(26)27)13-15(23)19-17(25)20(16(13)24)11-6-2-1-3-7-11/h1-9,13H,(H,18,22)(H,19,23,25). The number of non-ortho nitro benzene ring substituents is 1. The van der Waals surface area contributed by atoms with Gasteiger partial charge in [0.25, 0.3) is 11.6 Å². The van der Waals surface area contributed by atoms with E-state index >= 15 is 0 Å². The first-order valence-corrected chi connectivity index (χ1v) is 7.67. The lowest BCUT2D eigenvalue weighted by Crippen LogP contribution is -2.61. The van der Waals surface area contributed by atoms with Crippen LogP contribution in [0.15, 0.2) is 54.6 Å². The van der Waals surface area contributed by atoms with Gasteiger partial charge >= 0.3 is 6.03 Å². The van der Waals surface area contributed by atoms with Crippen LogP contribution in [0.2, 0.25) is 0 Å². The highest BCUT2D eigenvalue weighted by molar-refractivity contribution is 6.35. The van der Waals surface area contributed by atoms with Crippen molar-refractivity contribution in [1.29, 1.82) is 0 Å². The molecule has 3 rings (SSSR count). The van der Waals surface area contributed by atoms with E-state index in [1.807, 2.05) is 5.32 Å². The summed E-state index contributed by atoms with van der Waals surface area (Å²) in [7, 11) is 0. The van der Waals surface area contributed by atoms with Crippen LogP contribution in [0.3, 0.4) is 0 Å². The molecular weight excluding hydrogens is 356 g/mol. The fourth-order valence-corrected chi connectivity index (χ4v) is 2.54. The number of nitrogens with one attached hydrogen (secondary N) is 2. The number of amides is 5. The first-order valence-electron chi connectivity index (χ1n) is 7.67. The number of barbiturate groups is 1. The summed E-state index contributed by atoms with van der Waals surface area (Å²) in [6.45, 7) is 0. The van der Waals surface area contributed by atoms with Crippen LogP contribution in [0.25, 0.3) is 0 Å². The maximum Gasteiger partial charge on any atom is 0.335 e. The van der Waals surface area contributed by atoms with Crippen LogP contribution >= 0.6 is 0 Å². The summed E-state index contributed by atoms with van der Waals surface area (Å²) in [4.78, 5) is 60.0. The maximum atomic E-state index is 12.6. The van der Waals surface area contributed by atoms with Crippen molar-refractivity contribution in [2.24, 2.45) is 5.92 Å². The van der Waals surface area contributed by atoms with Gasteiger partial charge in [-0.1, -0.05) is 24.3 Å². The fourth-order valence-electron chi connectivity index (χ4n) is 2.54. The topological polar surface area (TPSA) is 139 Å². The first-order chi connectivity index (χ1) is 12.9. The second-order valence-corrected chi connectivity index (χ2v) is 5.53. The number of benzene rings is 2. The van der Waals surface area contributed by atoms with Crippen molar-refractivity contribution in [3.63, 3.8) is 0 Å². The molecule has 2 aromatic carbocycles. The van der Waals surface area contributed by atoms with Gasteiger partial charge < -0.3 is 5.32 Å². The Labute approximate surface area is 151 Å². The molecule has 136 valence electrons. The van der Waals surface area contributed by atoms with Crippen LogP contribution in [0.5, 0.6) is 0 Å². The second kappa shape index (κ2) is 7.04. The largest absolute Gasteiger partial charge is 0.335 e. The number of nitrogens with zero attached hydrogens (tertiary/aromatic N) is 2. The van der Waals surface area contributed by atoms with E-state index in [1.165, 1.54) is 30.3 Å². The highest BCUT2D eigenvalue weighted by Gasteiger charge is 2.45. The predicted octanol–water partition coefficient (Wildman–Crippen LogP) is 1.43. The smallest absolute Gasteiger partial charge is 0.325 e. The Bertz CT molecular complexity index is 959. The Morgan fingerprint density at radius 1 is 1.07 bits per heavy atom. The van der Waals surface area contributed by atoms with Gasteiger partial charge in [0.1, 0.15) is 0 Å². The van der Waals surface area contributed by atoms with Gasteiger partial charge in [0, 0.05) is 17.8 Å². The minimum atomic E-state index is -1.82. The van der Waals surface area contributed by atoms with Crippen molar-refractivity contribution in [2.75, 3.05) is 10.2 Å². The van der Waals surface area contributed by atoms with Gasteiger partial charge in [-0.2, -0.15) is 0 Å². The monoisotopic (exact) mass is 368 g/mol. The van der Waals surface area contributed by atoms with Gasteiger partial charge in [-0.25, -0.2) is 9.69 Å². The highest BCUT2D eigenvalue weighted by Crippen LogP contribution is 2.22. The molecule has 0 saturated carbocycles. The van der Waals surface area contributed by atoms with E-state index < -0.39 is 34.6 Å². The van der Waals surface area contributed by atoms with Gasteiger partial charge in [-0.3, -0.25) is 29.8 Å². The van der Waals surface area contributed by atoms with Gasteiger partial charge in [-0.05, 0) is 18.2 Å². The predicted molar refractivity (Wildman–Crippen MR) is 92.7 cm³/mol. The minimum absolute atomic E-state index is 0.0398. The molecule has 1 fully saturated rings. The van der Waals surface area contributed by atoms with Crippen molar-refractivity contribution >= 4 is 40.8 Å². The van der Waals surface area contributed by atoms with E-state index in [0.29, 0.717) is 4.90 Å². The Hall–Kier alpha value is -4.08. The van der Waals surface area contributed by atoms with Crippen LogP contribution in [-0.2, 0) is 14.4 Å². The first kappa shape index (κ1) is 17.7. The quantitative estimate of drug-likeness (QED) is 0.475. The van der Waals surface area contributed by atoms with E-state index in [9.17, 15) is 29.3 Å². The number of carbonyl (C=O) groups excluding carboxylic acids is 4. The molecule has 1 saturated heterocycles. The zero-order valence-electron chi connectivity index (χ0n) is 13.6. The van der Waals surface area contributed by atoms with Crippen LogP contribution in [0, 0.1) is 16.0 Å². The molecule has 10 heteroatoms. The molecule has 0 aliphatic carbocycles. The van der Waals surface area contributed by atoms with Crippen LogP contribution < -0.4 is 15.5 Å². The van der Waals surface area contributed by atoms with Crippen LogP contribution in [-0.4, -0.2) is 28.7 Å². The third-order valence-corrected chi connectivity index (χ3v) is 3.76. The maximum absolute atomic E-state index is 12.6. The van der Waals surface area contributed by atoms with Crippen molar-refractivity contribution in [3.05, 3.63) is 64.7 Å². The number of anilines is 2. The van der Waals surface area contributed by atoms with Gasteiger partial charge in [0.15, 0.2) is 5.92 Å². The lowest BCUT2D eigenvalue weighted by atomic mass is 10.0. The molecular formula is C17H12N4O6. The molecule has 1 heterocycles. The summed E-state index contributed by atoms with van der Waals surface area (Å²) in [5.41, 5.74) is -0.0353. The highest BCUT2D eigenvalue weighted by atomic mass is 16.6. The average Bonchev–Trinajstić information content (AvgIpc) is 2.62. The number of hydrogen-bond donors (Lipinski definition) is 2. The van der Waals surface area contributed by atoms with Crippen molar-refractivity contribution in [1.82, 2.24) is 5.32 Å². The van der Waals surface area contributed by atoms with E-state index in [-0.39, 0.29) is 17.1 Å². The molecule has 27 heavy (non-hydrogen) atoms. The molecule has 0 bridgehead atoms. The number of nitro groups is 1. The number of para-hydroxylation sites is 1. The van der Waals surface area contributed by atoms with E-state index in [2.05, 4.69) is 5.32 Å². The number of carbonyl (C=O) groups is 4. The molecule has 10 nitrogen and oxygen atoms in total. The molecule has 1 atom stereocenters. The van der Waals surface area contributed by atoms with Crippen molar-refractivity contribution < 1.29 is 24.1 Å². The summed E-state index contributed by atoms with van der Waals surface area (Å²) in [5.74, 6) is -4.91. The van der Waals surface area contributed by atoms with Crippen LogP contribution in [0.1, 0.15) is 0 Å². The van der Waals surface area contributed by atoms with Crippen molar-refractivity contribution in [3.8, 4) is 0 Å². The summed E-state index contributed by atoms with van der Waals surface area (Å²) < 4.78 is 0. The fraction of sp³-hybridized carbons (Fsp3) is 0.0588. The molecule has 1 unspecified atom stereocenters. The molecule has 0 spiro atoms. The van der Waals surface area contributed by atoms with E-state index in [4.69, 9.17) is 0 Å². The van der Waals surface area contributed by atoms with Gasteiger partial charge in [0.2, 0.25) is 11.8 Å². The molecule has 2 aromatic rings. The summed E-state index contributed by atoms with van der Waals surface area (Å²) in [6, 6.07) is 11.9. The summed E-state index contributed by atoms with van der Waals surface area (Å²) >= 11 is 0. The van der Waals surface area contributed by atoms with Crippen LogP contribution in [0.4, 0.5) is 21.9 Å². The Morgan fingerprint density at radius 2 is 1.78 bits per heavy atom. The molecule has 2 N–H and O–H groups in total. The van der Waals surface area contributed by atoms with Gasteiger partial charge in [0.05, 0.1) is 10.6 Å². The molecule has 0 aromatic heterocycles.